The average Bonchev–Trinajstić information content (AvgIpc) is 3.44. The number of alkyl halides is 1. The van der Waals surface area contributed by atoms with E-state index in [2.05, 4.69) is 41.7 Å². The average molecular weight is 764 g/mol. The SMILES string of the molecule is CN(CCOc1ccc(/C(=C(/CCCl)c2ccccc2)c2ccccc2)cc1)C(=O)CCCCSc1cccc2c1C(=O)N(C1CCC(=O)NC1=O)C2=O. The number of halogens is 1. The Hall–Kier alpha value is -5.19. The molecule has 1 fully saturated rings. The first-order chi connectivity index (χ1) is 26.3. The van der Waals surface area contributed by atoms with Crippen molar-refractivity contribution in [2.75, 3.05) is 31.8 Å². The van der Waals surface area contributed by atoms with Gasteiger partial charge in [0.15, 0.2) is 0 Å². The van der Waals surface area contributed by atoms with Crippen molar-refractivity contribution in [1.29, 1.82) is 0 Å². The number of nitrogens with one attached hydrogen (secondary N) is 1. The van der Waals surface area contributed by atoms with Crippen molar-refractivity contribution in [2.24, 2.45) is 0 Å². The van der Waals surface area contributed by atoms with Crippen molar-refractivity contribution >= 4 is 64.0 Å². The molecule has 0 saturated carbocycles. The second-order valence-corrected chi connectivity index (χ2v) is 14.7. The van der Waals surface area contributed by atoms with Crippen molar-refractivity contribution in [3.8, 4) is 5.75 Å². The lowest BCUT2D eigenvalue weighted by atomic mass is 9.88. The molecule has 0 bridgehead atoms. The maximum absolute atomic E-state index is 13.3. The first-order valence-electron chi connectivity index (χ1n) is 18.1. The number of hydrogen-bond acceptors (Lipinski definition) is 7. The molecule has 0 spiro atoms. The van der Waals surface area contributed by atoms with Crippen LogP contribution in [0.4, 0.5) is 0 Å². The van der Waals surface area contributed by atoms with Gasteiger partial charge in [-0.2, -0.15) is 0 Å². The summed E-state index contributed by atoms with van der Waals surface area (Å²) in [5, 5.41) is 2.22. The fourth-order valence-corrected chi connectivity index (χ4v) is 8.04. The molecule has 0 radical (unpaired) electrons. The summed E-state index contributed by atoms with van der Waals surface area (Å²) in [4.78, 5) is 66.6. The normalized spacial score (nSPS) is 15.8. The Morgan fingerprint density at radius 1 is 0.833 bits per heavy atom. The molecule has 1 N–H and O–H groups in total. The number of fused-ring (bicyclic) bond motifs is 1. The Labute approximate surface area is 324 Å². The van der Waals surface area contributed by atoms with Crippen molar-refractivity contribution in [3.05, 3.63) is 131 Å². The largest absolute Gasteiger partial charge is 0.492 e. The van der Waals surface area contributed by atoms with Gasteiger partial charge < -0.3 is 9.64 Å². The van der Waals surface area contributed by atoms with E-state index >= 15 is 0 Å². The van der Waals surface area contributed by atoms with Crippen LogP contribution < -0.4 is 10.1 Å². The quantitative estimate of drug-likeness (QED) is 0.0414. The molecule has 9 nitrogen and oxygen atoms in total. The van der Waals surface area contributed by atoms with Crippen LogP contribution >= 0.6 is 23.4 Å². The third-order valence-electron chi connectivity index (χ3n) is 9.57. The van der Waals surface area contributed by atoms with Gasteiger partial charge in [0.2, 0.25) is 17.7 Å². The van der Waals surface area contributed by atoms with Gasteiger partial charge in [-0.05, 0) is 83.5 Å². The van der Waals surface area contributed by atoms with E-state index < -0.39 is 29.7 Å². The summed E-state index contributed by atoms with van der Waals surface area (Å²) >= 11 is 7.75. The Morgan fingerprint density at radius 3 is 2.20 bits per heavy atom. The Kier molecular flexibility index (Phi) is 13.0. The van der Waals surface area contributed by atoms with E-state index in [1.54, 1.807) is 30.1 Å². The summed E-state index contributed by atoms with van der Waals surface area (Å²) in [6.45, 7) is 0.788. The van der Waals surface area contributed by atoms with Gasteiger partial charge in [0.05, 0.1) is 17.7 Å². The second-order valence-electron chi connectivity index (χ2n) is 13.1. The molecule has 11 heteroatoms. The number of benzene rings is 4. The van der Waals surface area contributed by atoms with Crippen LogP contribution in [0.3, 0.4) is 0 Å². The minimum Gasteiger partial charge on any atom is -0.492 e. The number of imide groups is 2. The van der Waals surface area contributed by atoms with Gasteiger partial charge >= 0.3 is 0 Å². The lowest BCUT2D eigenvalue weighted by Crippen LogP contribution is -2.54. The molecule has 2 heterocycles. The molecule has 4 aromatic rings. The number of hydrogen-bond donors (Lipinski definition) is 1. The van der Waals surface area contributed by atoms with Crippen molar-refractivity contribution < 1.29 is 28.7 Å². The van der Waals surface area contributed by atoms with E-state index in [-0.39, 0.29) is 24.3 Å². The maximum atomic E-state index is 13.3. The maximum Gasteiger partial charge on any atom is 0.263 e. The number of rotatable bonds is 16. The summed E-state index contributed by atoms with van der Waals surface area (Å²) in [6, 6.07) is 32.8. The standard InChI is InChI=1S/C43H42ClN3O6S/c1-46(26-27-53-32-20-18-31(19-21-32)39(30-13-6-3-7-14-30)33(24-25-44)29-11-4-2-5-12-29)38(49)17-8-9-28-54-36-16-10-15-34-40(36)43(52)47(42(34)51)35-22-23-37(48)45-41(35)50/h2-7,10-16,18-21,35H,8-9,17,22-28H2,1H3,(H,45,48,50)/b39-33-. The highest BCUT2D eigenvalue weighted by Gasteiger charge is 2.45. The van der Waals surface area contributed by atoms with Gasteiger partial charge in [0.1, 0.15) is 18.4 Å². The highest BCUT2D eigenvalue weighted by Crippen LogP contribution is 2.36. The van der Waals surface area contributed by atoms with E-state index in [9.17, 15) is 24.0 Å². The van der Waals surface area contributed by atoms with Crippen LogP contribution in [0.25, 0.3) is 11.1 Å². The minimum absolute atomic E-state index is 0.0191. The summed E-state index contributed by atoms with van der Waals surface area (Å²) in [6.07, 6.45) is 2.67. The molecular formula is C43H42ClN3O6S. The first-order valence-corrected chi connectivity index (χ1v) is 19.6. The second kappa shape index (κ2) is 18.2. The summed E-state index contributed by atoms with van der Waals surface area (Å²) < 4.78 is 6.04. The molecule has 0 aliphatic carbocycles. The third kappa shape index (κ3) is 8.94. The van der Waals surface area contributed by atoms with Crippen LogP contribution in [-0.2, 0) is 14.4 Å². The fraction of sp³-hybridized carbons (Fsp3) is 0.279. The summed E-state index contributed by atoms with van der Waals surface area (Å²) in [5.74, 6) is -0.198. The van der Waals surface area contributed by atoms with Gasteiger partial charge in [-0.3, -0.25) is 34.2 Å². The van der Waals surface area contributed by atoms with Crippen LogP contribution in [0.15, 0.2) is 108 Å². The van der Waals surface area contributed by atoms with Gasteiger partial charge in [0.25, 0.3) is 11.8 Å². The van der Waals surface area contributed by atoms with Crippen LogP contribution in [-0.4, -0.2) is 77.2 Å². The number of ether oxygens (including phenoxy) is 1. The summed E-state index contributed by atoms with van der Waals surface area (Å²) in [5.41, 5.74) is 6.17. The van der Waals surface area contributed by atoms with Crippen LogP contribution in [0.5, 0.6) is 5.75 Å². The molecule has 6 rings (SSSR count). The molecule has 278 valence electrons. The predicted octanol–water partition coefficient (Wildman–Crippen LogP) is 7.48. The number of carbonyl (C=O) groups is 5. The zero-order valence-electron chi connectivity index (χ0n) is 30.1. The highest BCUT2D eigenvalue weighted by atomic mass is 35.5. The molecule has 1 unspecified atom stereocenters. The van der Waals surface area contributed by atoms with E-state index in [1.807, 2.05) is 48.5 Å². The van der Waals surface area contributed by atoms with E-state index in [0.717, 1.165) is 45.8 Å². The number of nitrogens with zero attached hydrogens (tertiary/aromatic N) is 2. The van der Waals surface area contributed by atoms with Gasteiger partial charge in [-0.25, -0.2) is 0 Å². The number of carbonyl (C=O) groups excluding carboxylic acids is 5. The first kappa shape index (κ1) is 38.5. The highest BCUT2D eigenvalue weighted by molar-refractivity contribution is 7.99. The van der Waals surface area contributed by atoms with E-state index in [1.165, 1.54) is 17.3 Å². The Morgan fingerprint density at radius 2 is 1.52 bits per heavy atom. The smallest absolute Gasteiger partial charge is 0.263 e. The van der Waals surface area contributed by atoms with Crippen molar-refractivity contribution in [2.45, 2.75) is 49.5 Å². The minimum atomic E-state index is -1.00. The molecule has 2 aliphatic heterocycles. The monoisotopic (exact) mass is 763 g/mol. The fourth-order valence-electron chi connectivity index (χ4n) is 6.77. The molecule has 2 aliphatic rings. The van der Waals surface area contributed by atoms with Crippen LogP contribution in [0, 0.1) is 0 Å². The lowest BCUT2D eigenvalue weighted by molar-refractivity contribution is -0.136. The number of unbranched alkanes of at least 4 members (excludes halogenated alkanes) is 1. The Balaban J connectivity index is 0.973. The van der Waals surface area contributed by atoms with Crippen LogP contribution in [0.2, 0.25) is 0 Å². The number of thioether (sulfide) groups is 1. The van der Waals surface area contributed by atoms with Crippen molar-refractivity contribution in [3.63, 3.8) is 0 Å². The van der Waals surface area contributed by atoms with E-state index in [4.69, 9.17) is 16.3 Å². The van der Waals surface area contributed by atoms with Gasteiger partial charge in [-0.15, -0.1) is 23.4 Å². The van der Waals surface area contributed by atoms with Gasteiger partial charge in [-0.1, -0.05) is 78.9 Å². The van der Waals surface area contributed by atoms with E-state index in [0.29, 0.717) is 48.1 Å². The Bertz CT molecular complexity index is 2040. The number of piperidine rings is 1. The molecule has 0 aromatic heterocycles. The third-order valence-corrected chi connectivity index (χ3v) is 10.9. The topological polar surface area (TPSA) is 113 Å². The lowest BCUT2D eigenvalue weighted by Gasteiger charge is -2.27. The molecule has 1 saturated heterocycles. The summed E-state index contributed by atoms with van der Waals surface area (Å²) in [7, 11) is 1.77. The number of allylic oxidation sites excluding steroid dienone is 1. The van der Waals surface area contributed by atoms with Crippen LogP contribution in [0.1, 0.15) is 75.9 Å². The molecular weight excluding hydrogens is 722 g/mol. The molecule has 4 aromatic carbocycles. The van der Waals surface area contributed by atoms with Gasteiger partial charge in [0, 0.05) is 30.7 Å². The molecule has 54 heavy (non-hydrogen) atoms. The zero-order valence-corrected chi connectivity index (χ0v) is 31.7. The molecule has 1 atom stereocenters. The number of likely N-dealkylation sites (N-methyl/N-ethyl adjacent to an activating group) is 1. The van der Waals surface area contributed by atoms with Crippen molar-refractivity contribution in [1.82, 2.24) is 15.1 Å². The zero-order chi connectivity index (χ0) is 38.0. The predicted molar refractivity (Wildman–Crippen MR) is 211 cm³/mol. The molecule has 5 amide bonds. The number of amides is 5.